The Morgan fingerprint density at radius 1 is 1.16 bits per heavy atom. The van der Waals surface area contributed by atoms with Crippen LogP contribution in [-0.4, -0.2) is 56.4 Å². The van der Waals surface area contributed by atoms with E-state index < -0.39 is 38.8 Å². The fourth-order valence-corrected chi connectivity index (χ4v) is 5.94. The smallest absolute Gasteiger partial charge is 0.163 e. The number of fused-ring (bicyclic) bond motifs is 1. The normalized spacial score (nSPS) is 18.8. The fraction of sp³-hybridized carbons (Fsp3) is 0.471. The SMILES string of the molecule is CC[C@@]1(NS(=O)C(C)(C)C)COc2c1cc([C@@](C)(O)CCC(=O)c1ccc(OC[C@@H](C)O)c(OC)c1)nc2-c1ccc(F)cc1. The van der Waals surface area contributed by atoms with Crippen LogP contribution in [-0.2, 0) is 22.1 Å². The number of carbonyl (C=O) groups is 1. The van der Waals surface area contributed by atoms with Gasteiger partial charge in [-0.1, -0.05) is 6.92 Å². The second kappa shape index (κ2) is 13.5. The Morgan fingerprint density at radius 2 is 1.84 bits per heavy atom. The Labute approximate surface area is 266 Å². The number of hydrogen-bond donors (Lipinski definition) is 3. The average Bonchev–Trinajstić information content (AvgIpc) is 3.36. The van der Waals surface area contributed by atoms with E-state index in [0.717, 1.165) is 0 Å². The number of aromatic nitrogens is 1. The molecule has 1 aromatic heterocycles. The van der Waals surface area contributed by atoms with Crippen molar-refractivity contribution in [3.63, 3.8) is 0 Å². The number of pyridine rings is 1. The fourth-order valence-electron chi connectivity index (χ4n) is 4.97. The number of benzene rings is 2. The summed E-state index contributed by atoms with van der Waals surface area (Å²) in [4.78, 5) is 18.1. The number of rotatable bonds is 13. The zero-order valence-electron chi connectivity index (χ0n) is 26.9. The summed E-state index contributed by atoms with van der Waals surface area (Å²) in [5.74, 6) is 0.614. The van der Waals surface area contributed by atoms with Crippen molar-refractivity contribution in [3.05, 3.63) is 71.2 Å². The highest BCUT2D eigenvalue weighted by atomic mass is 32.2. The summed E-state index contributed by atoms with van der Waals surface area (Å²) >= 11 is 0. The number of nitrogens with zero attached hydrogens (tertiary/aromatic N) is 1. The van der Waals surface area contributed by atoms with E-state index in [9.17, 15) is 23.6 Å². The van der Waals surface area contributed by atoms with Crippen LogP contribution < -0.4 is 18.9 Å². The Hall–Kier alpha value is -3.38. The number of hydrogen-bond acceptors (Lipinski definition) is 8. The van der Waals surface area contributed by atoms with E-state index in [0.29, 0.717) is 51.7 Å². The van der Waals surface area contributed by atoms with Gasteiger partial charge in [0.2, 0.25) is 0 Å². The van der Waals surface area contributed by atoms with E-state index in [2.05, 4.69) is 4.72 Å². The van der Waals surface area contributed by atoms with Crippen LogP contribution in [0.2, 0.25) is 0 Å². The maximum Gasteiger partial charge on any atom is 0.163 e. The molecule has 0 spiro atoms. The Balaban J connectivity index is 1.68. The molecule has 0 aliphatic carbocycles. The van der Waals surface area contributed by atoms with Gasteiger partial charge in [-0.3, -0.25) is 4.79 Å². The van der Waals surface area contributed by atoms with Crippen molar-refractivity contribution in [1.82, 2.24) is 9.71 Å². The number of ether oxygens (including phenoxy) is 3. The van der Waals surface area contributed by atoms with Crippen LogP contribution in [0.4, 0.5) is 4.39 Å². The molecule has 4 atom stereocenters. The van der Waals surface area contributed by atoms with Gasteiger partial charge in [0, 0.05) is 23.1 Å². The Kier molecular flexibility index (Phi) is 10.4. The van der Waals surface area contributed by atoms with Gasteiger partial charge in [0.1, 0.15) is 30.3 Å². The standard InChI is InChI=1S/C34H43FN2O7S/c1-8-34(37-45(41)32(3,4)5)20-44-31-25(34)18-29(36-30(31)22-9-12-24(35)13-10-22)33(6,40)16-15-26(39)23-11-14-27(28(17-23)42-7)43-19-21(2)38/h9-14,17-18,21,37-38,40H,8,15-16,19-20H2,1-7H3/t21-,33+,34-,45?/m1/s1. The number of methoxy groups -OCH3 is 1. The van der Waals surface area contributed by atoms with Gasteiger partial charge in [0.05, 0.1) is 40.2 Å². The first-order valence-corrected chi connectivity index (χ1v) is 16.1. The third-order valence-electron chi connectivity index (χ3n) is 7.87. The zero-order chi connectivity index (χ0) is 33.2. The van der Waals surface area contributed by atoms with Crippen molar-refractivity contribution in [1.29, 1.82) is 0 Å². The van der Waals surface area contributed by atoms with Crippen molar-refractivity contribution in [2.24, 2.45) is 0 Å². The number of Topliss-reactive ketones (excluding diaryl/α,β-unsaturated/α-hetero) is 1. The molecule has 3 aromatic rings. The maximum atomic E-state index is 13.8. The third kappa shape index (κ3) is 7.71. The Morgan fingerprint density at radius 3 is 2.44 bits per heavy atom. The molecule has 1 aliphatic heterocycles. The monoisotopic (exact) mass is 642 g/mol. The quantitative estimate of drug-likeness (QED) is 0.207. The van der Waals surface area contributed by atoms with Crippen LogP contribution in [0.1, 0.15) is 82.4 Å². The number of halogens is 1. The number of aliphatic hydroxyl groups is 2. The highest BCUT2D eigenvalue weighted by molar-refractivity contribution is 7.84. The molecule has 4 rings (SSSR count). The predicted molar refractivity (Wildman–Crippen MR) is 171 cm³/mol. The van der Waals surface area contributed by atoms with Gasteiger partial charge in [0.15, 0.2) is 23.0 Å². The summed E-state index contributed by atoms with van der Waals surface area (Å²) < 4.78 is 47.0. The van der Waals surface area contributed by atoms with E-state index in [1.54, 1.807) is 50.2 Å². The number of aliphatic hydroxyl groups excluding tert-OH is 1. The summed E-state index contributed by atoms with van der Waals surface area (Å²) in [6.07, 6.45) is -0.0889. The molecule has 0 saturated heterocycles. The molecule has 0 amide bonds. The van der Waals surface area contributed by atoms with Crippen LogP contribution in [0.25, 0.3) is 11.3 Å². The number of carbonyl (C=O) groups excluding carboxylic acids is 1. The van der Waals surface area contributed by atoms with Gasteiger partial charge in [-0.15, -0.1) is 0 Å². The van der Waals surface area contributed by atoms with Crippen LogP contribution in [0.3, 0.4) is 0 Å². The van der Waals surface area contributed by atoms with Crippen LogP contribution in [0, 0.1) is 5.82 Å². The Bertz CT molecular complexity index is 1550. The molecule has 0 fully saturated rings. The molecule has 2 heterocycles. The summed E-state index contributed by atoms with van der Waals surface area (Å²) in [6.45, 7) is 11.1. The molecular weight excluding hydrogens is 599 g/mol. The second-order valence-corrected chi connectivity index (χ2v) is 14.6. The summed E-state index contributed by atoms with van der Waals surface area (Å²) in [5, 5.41) is 21.3. The first kappa shape index (κ1) is 34.5. The highest BCUT2D eigenvalue weighted by Gasteiger charge is 2.45. The van der Waals surface area contributed by atoms with Gasteiger partial charge in [-0.25, -0.2) is 18.3 Å². The number of nitrogens with one attached hydrogen (secondary N) is 1. The zero-order valence-corrected chi connectivity index (χ0v) is 27.7. The molecule has 244 valence electrons. The van der Waals surface area contributed by atoms with Gasteiger partial charge < -0.3 is 24.4 Å². The lowest BCUT2D eigenvalue weighted by Crippen LogP contribution is -2.49. The van der Waals surface area contributed by atoms with Gasteiger partial charge >= 0.3 is 0 Å². The van der Waals surface area contributed by atoms with Gasteiger partial charge in [-0.05, 0) is 96.0 Å². The van der Waals surface area contributed by atoms with E-state index in [-0.39, 0.29) is 31.8 Å². The lowest BCUT2D eigenvalue weighted by Gasteiger charge is -2.32. The lowest BCUT2D eigenvalue weighted by atomic mass is 9.86. The molecule has 1 unspecified atom stereocenters. The maximum absolute atomic E-state index is 13.8. The topological polar surface area (TPSA) is 127 Å². The molecule has 1 aliphatic rings. The minimum absolute atomic E-state index is 0.00358. The van der Waals surface area contributed by atoms with Crippen molar-refractivity contribution in [2.45, 2.75) is 82.8 Å². The first-order chi connectivity index (χ1) is 21.1. The van der Waals surface area contributed by atoms with Crippen molar-refractivity contribution in [3.8, 4) is 28.5 Å². The summed E-state index contributed by atoms with van der Waals surface area (Å²) in [7, 11) is 0.0324. The predicted octanol–water partition coefficient (Wildman–Crippen LogP) is 5.58. The molecule has 45 heavy (non-hydrogen) atoms. The van der Waals surface area contributed by atoms with E-state index in [1.807, 2.05) is 27.7 Å². The molecule has 9 nitrogen and oxygen atoms in total. The summed E-state index contributed by atoms with van der Waals surface area (Å²) in [6, 6.07) is 12.4. The van der Waals surface area contributed by atoms with E-state index in [1.165, 1.54) is 19.2 Å². The third-order valence-corrected chi connectivity index (χ3v) is 9.56. The molecule has 3 N–H and O–H groups in total. The second-order valence-electron chi connectivity index (χ2n) is 12.7. The lowest BCUT2D eigenvalue weighted by molar-refractivity contribution is 0.0396. The van der Waals surface area contributed by atoms with E-state index in [4.69, 9.17) is 19.2 Å². The van der Waals surface area contributed by atoms with Crippen molar-refractivity contribution in [2.75, 3.05) is 20.3 Å². The molecule has 11 heteroatoms. The highest BCUT2D eigenvalue weighted by Crippen LogP contribution is 2.47. The van der Waals surface area contributed by atoms with Crippen LogP contribution >= 0.6 is 0 Å². The molecule has 0 bridgehead atoms. The van der Waals surface area contributed by atoms with Crippen LogP contribution in [0.5, 0.6) is 17.2 Å². The average molecular weight is 643 g/mol. The largest absolute Gasteiger partial charge is 0.493 e. The van der Waals surface area contributed by atoms with Crippen molar-refractivity contribution < 1.29 is 37.8 Å². The summed E-state index contributed by atoms with van der Waals surface area (Å²) in [5.41, 5.74) is 0.0130. The number of ketones is 1. The molecule has 0 radical (unpaired) electrons. The minimum atomic E-state index is -1.55. The molecule has 0 saturated carbocycles. The van der Waals surface area contributed by atoms with E-state index >= 15 is 0 Å². The first-order valence-electron chi connectivity index (χ1n) is 15.0. The molecular formula is C34H43FN2O7S. The van der Waals surface area contributed by atoms with Crippen LogP contribution in [0.15, 0.2) is 48.5 Å². The van der Waals surface area contributed by atoms with Crippen molar-refractivity contribution >= 4 is 16.8 Å². The van der Waals surface area contributed by atoms with Gasteiger partial charge in [0.25, 0.3) is 0 Å². The van der Waals surface area contributed by atoms with Gasteiger partial charge in [-0.2, -0.15) is 0 Å². The minimum Gasteiger partial charge on any atom is -0.493 e. The molecule has 2 aromatic carbocycles.